The van der Waals surface area contributed by atoms with Crippen LogP contribution in [-0.4, -0.2) is 16.8 Å². The molecule has 3 rings (SSSR count). The van der Waals surface area contributed by atoms with Gasteiger partial charge in [0.25, 0.3) is 0 Å². The van der Waals surface area contributed by atoms with Crippen molar-refractivity contribution in [2.24, 2.45) is 17.8 Å². The lowest BCUT2D eigenvalue weighted by atomic mass is 9.88. The molecule has 3 heteroatoms. The average molecular weight is 261 g/mol. The van der Waals surface area contributed by atoms with Gasteiger partial charge in [-0.25, -0.2) is 0 Å². The number of rotatable bonds is 4. The highest BCUT2D eigenvalue weighted by Gasteiger charge is 2.39. The fourth-order valence-corrected chi connectivity index (χ4v) is 3.96. The van der Waals surface area contributed by atoms with Crippen LogP contribution in [0.15, 0.2) is 18.2 Å². The Kier molecular flexibility index (Phi) is 3.40. The van der Waals surface area contributed by atoms with Crippen LogP contribution in [0.25, 0.3) is 0 Å². The van der Waals surface area contributed by atoms with Gasteiger partial charge in [-0.1, -0.05) is 12.5 Å². The van der Waals surface area contributed by atoms with E-state index in [9.17, 15) is 10.2 Å². The molecule has 0 saturated heterocycles. The van der Waals surface area contributed by atoms with E-state index in [0.29, 0.717) is 0 Å². The number of phenolic OH excluding ortho intramolecular Hbond substituents is 2. The van der Waals surface area contributed by atoms with E-state index in [4.69, 9.17) is 0 Å². The smallest absolute Gasteiger partial charge is 0.124 e. The van der Waals surface area contributed by atoms with Crippen LogP contribution in [0.5, 0.6) is 11.5 Å². The van der Waals surface area contributed by atoms with Crippen LogP contribution in [0.2, 0.25) is 0 Å². The Bertz CT molecular complexity index is 460. The molecule has 1 aromatic rings. The zero-order valence-corrected chi connectivity index (χ0v) is 11.5. The van der Waals surface area contributed by atoms with Crippen molar-refractivity contribution in [3.05, 3.63) is 23.8 Å². The zero-order chi connectivity index (χ0) is 13.4. The molecule has 3 N–H and O–H groups in total. The van der Waals surface area contributed by atoms with Gasteiger partial charge in [0.15, 0.2) is 0 Å². The maximum atomic E-state index is 9.86. The van der Waals surface area contributed by atoms with Gasteiger partial charge in [0.2, 0.25) is 0 Å². The molecule has 2 aliphatic rings. The van der Waals surface area contributed by atoms with Gasteiger partial charge in [-0.2, -0.15) is 0 Å². The first-order valence-electron chi connectivity index (χ1n) is 7.38. The minimum absolute atomic E-state index is 0.113. The van der Waals surface area contributed by atoms with Crippen molar-refractivity contribution in [2.45, 2.75) is 38.6 Å². The minimum atomic E-state index is 0.113. The molecule has 0 radical (unpaired) electrons. The topological polar surface area (TPSA) is 52.5 Å². The van der Waals surface area contributed by atoms with E-state index < -0.39 is 0 Å². The molecule has 3 nitrogen and oxygen atoms in total. The monoisotopic (exact) mass is 261 g/mol. The van der Waals surface area contributed by atoms with E-state index in [-0.39, 0.29) is 17.5 Å². The third-order valence-corrected chi connectivity index (χ3v) is 5.05. The lowest BCUT2D eigenvalue weighted by Gasteiger charge is -2.24. The van der Waals surface area contributed by atoms with E-state index >= 15 is 0 Å². The SMILES string of the molecule is CC(NCC1CC2CCC1C2)c1ccc(O)cc1O. The molecule has 2 aliphatic carbocycles. The second-order valence-electron chi connectivity index (χ2n) is 6.31. The van der Waals surface area contributed by atoms with Crippen molar-refractivity contribution in [3.8, 4) is 11.5 Å². The molecular formula is C16H23NO2. The number of hydrogen-bond acceptors (Lipinski definition) is 3. The fourth-order valence-electron chi connectivity index (χ4n) is 3.96. The predicted octanol–water partition coefficient (Wildman–Crippen LogP) is 3.18. The first-order valence-corrected chi connectivity index (χ1v) is 7.38. The normalized spacial score (nSPS) is 30.7. The summed E-state index contributed by atoms with van der Waals surface area (Å²) < 4.78 is 0. The lowest BCUT2D eigenvalue weighted by molar-refractivity contribution is 0.308. The molecule has 2 saturated carbocycles. The first-order chi connectivity index (χ1) is 9.13. The van der Waals surface area contributed by atoms with Crippen LogP contribution in [0.1, 0.15) is 44.2 Å². The van der Waals surface area contributed by atoms with E-state index in [1.807, 2.05) is 0 Å². The third-order valence-electron chi connectivity index (χ3n) is 5.05. The standard InChI is InChI=1S/C16H23NO2/c1-10(15-5-4-14(18)8-16(15)19)17-9-13-7-11-2-3-12(13)6-11/h4-5,8,10-13,17-19H,2-3,6-7,9H2,1H3. The largest absolute Gasteiger partial charge is 0.508 e. The predicted molar refractivity (Wildman–Crippen MR) is 75.1 cm³/mol. The molecule has 1 aromatic carbocycles. The zero-order valence-electron chi connectivity index (χ0n) is 11.5. The average Bonchev–Trinajstić information content (AvgIpc) is 2.98. The van der Waals surface area contributed by atoms with Crippen molar-refractivity contribution < 1.29 is 10.2 Å². The van der Waals surface area contributed by atoms with E-state index in [1.165, 1.54) is 31.7 Å². The van der Waals surface area contributed by atoms with Crippen LogP contribution in [0, 0.1) is 17.8 Å². The van der Waals surface area contributed by atoms with Crippen LogP contribution < -0.4 is 5.32 Å². The second-order valence-corrected chi connectivity index (χ2v) is 6.31. The Morgan fingerprint density at radius 3 is 2.74 bits per heavy atom. The second kappa shape index (κ2) is 5.04. The van der Waals surface area contributed by atoms with Crippen molar-refractivity contribution in [1.82, 2.24) is 5.32 Å². The highest BCUT2D eigenvalue weighted by atomic mass is 16.3. The third kappa shape index (κ3) is 2.57. The quantitative estimate of drug-likeness (QED) is 0.780. The Morgan fingerprint density at radius 1 is 1.26 bits per heavy atom. The molecule has 4 atom stereocenters. The summed E-state index contributed by atoms with van der Waals surface area (Å²) in [6.45, 7) is 3.11. The van der Waals surface area contributed by atoms with Crippen molar-refractivity contribution >= 4 is 0 Å². The minimum Gasteiger partial charge on any atom is -0.508 e. The molecule has 0 spiro atoms. The first kappa shape index (κ1) is 12.8. The van der Waals surface area contributed by atoms with Gasteiger partial charge in [-0.15, -0.1) is 0 Å². The Hall–Kier alpha value is -1.22. The number of fused-ring (bicyclic) bond motifs is 2. The van der Waals surface area contributed by atoms with Gasteiger partial charge in [0.1, 0.15) is 11.5 Å². The number of phenols is 2. The van der Waals surface area contributed by atoms with Crippen LogP contribution in [0.3, 0.4) is 0 Å². The Labute approximate surface area is 114 Å². The molecule has 2 bridgehead atoms. The molecule has 2 fully saturated rings. The van der Waals surface area contributed by atoms with Crippen molar-refractivity contribution in [1.29, 1.82) is 0 Å². The molecule has 0 heterocycles. The molecular weight excluding hydrogens is 238 g/mol. The van der Waals surface area contributed by atoms with Gasteiger partial charge in [-0.3, -0.25) is 0 Å². The highest BCUT2D eigenvalue weighted by Crippen LogP contribution is 2.48. The molecule has 0 amide bonds. The molecule has 0 aromatic heterocycles. The number of nitrogens with one attached hydrogen (secondary N) is 1. The summed E-state index contributed by atoms with van der Waals surface area (Å²) in [6, 6.07) is 4.96. The van der Waals surface area contributed by atoms with Crippen LogP contribution >= 0.6 is 0 Å². The molecule has 4 unspecified atom stereocenters. The van der Waals surface area contributed by atoms with Gasteiger partial charge in [0.05, 0.1) is 0 Å². The summed E-state index contributed by atoms with van der Waals surface area (Å²) in [5, 5.41) is 22.7. The van der Waals surface area contributed by atoms with Gasteiger partial charge in [-0.05, 0) is 56.6 Å². The summed E-state index contributed by atoms with van der Waals surface area (Å²) in [5.74, 6) is 3.02. The summed E-state index contributed by atoms with van der Waals surface area (Å²) in [5.41, 5.74) is 0.862. The number of hydrogen-bond donors (Lipinski definition) is 3. The molecule has 19 heavy (non-hydrogen) atoms. The molecule has 104 valence electrons. The Balaban J connectivity index is 1.57. The maximum absolute atomic E-state index is 9.86. The fraction of sp³-hybridized carbons (Fsp3) is 0.625. The van der Waals surface area contributed by atoms with E-state index in [1.54, 1.807) is 12.1 Å². The van der Waals surface area contributed by atoms with Gasteiger partial charge in [0, 0.05) is 17.7 Å². The van der Waals surface area contributed by atoms with Gasteiger partial charge < -0.3 is 15.5 Å². The van der Waals surface area contributed by atoms with Crippen LogP contribution in [-0.2, 0) is 0 Å². The number of aromatic hydroxyl groups is 2. The summed E-state index contributed by atoms with van der Waals surface area (Å²) in [4.78, 5) is 0. The summed E-state index contributed by atoms with van der Waals surface area (Å²) >= 11 is 0. The summed E-state index contributed by atoms with van der Waals surface area (Å²) in [7, 11) is 0. The Morgan fingerprint density at radius 2 is 2.11 bits per heavy atom. The van der Waals surface area contributed by atoms with Crippen molar-refractivity contribution in [2.75, 3.05) is 6.54 Å². The van der Waals surface area contributed by atoms with E-state index in [0.717, 1.165) is 29.9 Å². The van der Waals surface area contributed by atoms with Gasteiger partial charge >= 0.3 is 0 Å². The summed E-state index contributed by atoms with van der Waals surface area (Å²) in [6.07, 6.45) is 5.67. The van der Waals surface area contributed by atoms with E-state index in [2.05, 4.69) is 12.2 Å². The maximum Gasteiger partial charge on any atom is 0.124 e. The van der Waals surface area contributed by atoms with Crippen molar-refractivity contribution in [3.63, 3.8) is 0 Å². The molecule has 0 aliphatic heterocycles. The number of benzene rings is 1. The highest BCUT2D eigenvalue weighted by molar-refractivity contribution is 5.40. The lowest BCUT2D eigenvalue weighted by Crippen LogP contribution is -2.28. The van der Waals surface area contributed by atoms with Crippen LogP contribution in [0.4, 0.5) is 0 Å².